The van der Waals surface area contributed by atoms with E-state index in [1.807, 2.05) is 0 Å². The number of halogens is 1. The third-order valence-electron chi connectivity index (χ3n) is 1.91. The molecule has 0 aromatic rings. The largest absolute Gasteiger partial charge is 0.317 e. The first-order valence-corrected chi connectivity index (χ1v) is 5.55. The van der Waals surface area contributed by atoms with Gasteiger partial charge in [-0.25, -0.2) is 0 Å². The Bertz CT molecular complexity index is 83.9. The summed E-state index contributed by atoms with van der Waals surface area (Å²) in [5.74, 6) is 0. The summed E-state index contributed by atoms with van der Waals surface area (Å²) in [5, 5.41) is 3.75. The fourth-order valence-corrected chi connectivity index (χ4v) is 1.29. The summed E-state index contributed by atoms with van der Waals surface area (Å²) >= 11 is 5.81. The number of rotatable bonds is 8. The predicted molar refractivity (Wildman–Crippen MR) is 56.9 cm³/mol. The van der Waals surface area contributed by atoms with Crippen molar-refractivity contribution in [3.8, 4) is 0 Å². The average molecular weight is 192 g/mol. The Balaban J connectivity index is 2.82. The van der Waals surface area contributed by atoms with Gasteiger partial charge in [0.2, 0.25) is 0 Å². The van der Waals surface area contributed by atoms with Crippen molar-refractivity contribution in [3.05, 3.63) is 0 Å². The Morgan fingerprint density at radius 1 is 1.17 bits per heavy atom. The predicted octanol–water partition coefficient (Wildman–Crippen LogP) is 3.17. The fraction of sp³-hybridized carbons (Fsp3) is 1.00. The van der Waals surface area contributed by atoms with Crippen LogP contribution >= 0.6 is 11.6 Å². The van der Waals surface area contributed by atoms with Crippen molar-refractivity contribution < 1.29 is 0 Å². The SMILES string of the molecule is CCCCCNCCCC(C)Cl. The van der Waals surface area contributed by atoms with E-state index in [9.17, 15) is 0 Å². The Morgan fingerprint density at radius 2 is 1.83 bits per heavy atom. The number of nitrogens with one attached hydrogen (secondary N) is 1. The molecule has 0 aromatic carbocycles. The van der Waals surface area contributed by atoms with Crippen molar-refractivity contribution >= 4 is 11.6 Å². The lowest BCUT2D eigenvalue weighted by atomic mass is 10.2. The smallest absolute Gasteiger partial charge is 0.0308 e. The van der Waals surface area contributed by atoms with E-state index in [1.54, 1.807) is 0 Å². The highest BCUT2D eigenvalue weighted by atomic mass is 35.5. The minimum Gasteiger partial charge on any atom is -0.317 e. The molecule has 0 aliphatic rings. The van der Waals surface area contributed by atoms with Crippen LogP contribution in [-0.2, 0) is 0 Å². The lowest BCUT2D eigenvalue weighted by Gasteiger charge is -2.04. The van der Waals surface area contributed by atoms with E-state index in [-0.39, 0.29) is 0 Å². The molecule has 12 heavy (non-hydrogen) atoms. The van der Waals surface area contributed by atoms with Crippen LogP contribution in [0.5, 0.6) is 0 Å². The summed E-state index contributed by atoms with van der Waals surface area (Å²) in [4.78, 5) is 0. The zero-order chi connectivity index (χ0) is 9.23. The molecule has 0 saturated carbocycles. The van der Waals surface area contributed by atoms with Gasteiger partial charge in [-0.1, -0.05) is 19.8 Å². The van der Waals surface area contributed by atoms with E-state index < -0.39 is 0 Å². The molecule has 0 spiro atoms. The minimum absolute atomic E-state index is 0.336. The number of hydrogen-bond donors (Lipinski definition) is 1. The molecular weight excluding hydrogens is 170 g/mol. The first-order valence-electron chi connectivity index (χ1n) is 5.12. The second-order valence-corrected chi connectivity index (χ2v) is 4.13. The first-order chi connectivity index (χ1) is 5.77. The summed E-state index contributed by atoms with van der Waals surface area (Å²) in [5.41, 5.74) is 0. The lowest BCUT2D eigenvalue weighted by molar-refractivity contribution is 0.584. The van der Waals surface area contributed by atoms with Crippen LogP contribution in [0.3, 0.4) is 0 Å². The van der Waals surface area contributed by atoms with Crippen molar-refractivity contribution in [1.82, 2.24) is 5.32 Å². The van der Waals surface area contributed by atoms with Gasteiger partial charge in [0.25, 0.3) is 0 Å². The van der Waals surface area contributed by atoms with Crippen LogP contribution in [0.15, 0.2) is 0 Å². The molecule has 1 unspecified atom stereocenters. The van der Waals surface area contributed by atoms with Gasteiger partial charge in [0, 0.05) is 5.38 Å². The molecule has 1 nitrogen and oxygen atoms in total. The van der Waals surface area contributed by atoms with E-state index in [0.29, 0.717) is 5.38 Å². The van der Waals surface area contributed by atoms with Crippen molar-refractivity contribution in [3.63, 3.8) is 0 Å². The van der Waals surface area contributed by atoms with E-state index >= 15 is 0 Å². The van der Waals surface area contributed by atoms with Gasteiger partial charge in [-0.2, -0.15) is 0 Å². The molecule has 0 rings (SSSR count). The zero-order valence-electron chi connectivity index (χ0n) is 8.41. The van der Waals surface area contributed by atoms with Crippen LogP contribution in [0.1, 0.15) is 46.0 Å². The Kier molecular flexibility index (Phi) is 9.53. The molecule has 2 heteroatoms. The molecule has 0 radical (unpaired) electrons. The van der Waals surface area contributed by atoms with Crippen molar-refractivity contribution in [2.75, 3.05) is 13.1 Å². The number of unbranched alkanes of at least 4 members (excludes halogenated alkanes) is 2. The van der Waals surface area contributed by atoms with Crippen LogP contribution in [0, 0.1) is 0 Å². The molecule has 74 valence electrons. The van der Waals surface area contributed by atoms with Crippen LogP contribution < -0.4 is 5.32 Å². The normalized spacial score (nSPS) is 13.2. The van der Waals surface area contributed by atoms with E-state index in [4.69, 9.17) is 11.6 Å². The summed E-state index contributed by atoms with van der Waals surface area (Å²) in [6.45, 7) is 6.58. The maximum atomic E-state index is 5.81. The fourth-order valence-electron chi connectivity index (χ4n) is 1.13. The monoisotopic (exact) mass is 191 g/mol. The standard InChI is InChI=1S/C10H22ClN/c1-3-4-5-8-12-9-6-7-10(2)11/h10,12H,3-9H2,1-2H3. The highest BCUT2D eigenvalue weighted by molar-refractivity contribution is 6.20. The number of alkyl halides is 1. The third-order valence-corrected chi connectivity index (χ3v) is 2.13. The average Bonchev–Trinajstić information content (AvgIpc) is 2.02. The van der Waals surface area contributed by atoms with Gasteiger partial charge in [-0.05, 0) is 39.3 Å². The van der Waals surface area contributed by atoms with Gasteiger partial charge in [-0.15, -0.1) is 11.6 Å². The van der Waals surface area contributed by atoms with Gasteiger partial charge in [0.1, 0.15) is 0 Å². The Hall–Kier alpha value is 0.250. The lowest BCUT2D eigenvalue weighted by Crippen LogP contribution is -2.17. The van der Waals surface area contributed by atoms with Gasteiger partial charge >= 0.3 is 0 Å². The summed E-state index contributed by atoms with van der Waals surface area (Å²) in [6, 6.07) is 0. The van der Waals surface area contributed by atoms with Gasteiger partial charge < -0.3 is 5.32 Å². The summed E-state index contributed by atoms with van der Waals surface area (Å²) < 4.78 is 0. The zero-order valence-corrected chi connectivity index (χ0v) is 9.16. The Labute approximate surface area is 81.9 Å². The molecule has 0 aliphatic heterocycles. The molecule has 1 atom stereocenters. The van der Waals surface area contributed by atoms with E-state index in [0.717, 1.165) is 13.0 Å². The highest BCUT2D eigenvalue weighted by Crippen LogP contribution is 2.02. The maximum Gasteiger partial charge on any atom is 0.0308 e. The maximum absolute atomic E-state index is 5.81. The minimum atomic E-state index is 0.336. The second-order valence-electron chi connectivity index (χ2n) is 3.38. The van der Waals surface area contributed by atoms with E-state index in [2.05, 4.69) is 19.2 Å². The third kappa shape index (κ3) is 10.2. The molecule has 0 aromatic heterocycles. The van der Waals surface area contributed by atoms with Crippen LogP contribution in [0.25, 0.3) is 0 Å². The molecule has 0 aliphatic carbocycles. The van der Waals surface area contributed by atoms with Crippen molar-refractivity contribution in [2.45, 2.75) is 51.3 Å². The van der Waals surface area contributed by atoms with Crippen LogP contribution in [-0.4, -0.2) is 18.5 Å². The van der Waals surface area contributed by atoms with Crippen molar-refractivity contribution in [1.29, 1.82) is 0 Å². The van der Waals surface area contributed by atoms with Crippen LogP contribution in [0.4, 0.5) is 0 Å². The van der Waals surface area contributed by atoms with Gasteiger partial charge in [-0.3, -0.25) is 0 Å². The van der Waals surface area contributed by atoms with Crippen molar-refractivity contribution in [2.24, 2.45) is 0 Å². The summed E-state index contributed by atoms with van der Waals surface area (Å²) in [6.07, 6.45) is 6.30. The molecule has 0 amide bonds. The van der Waals surface area contributed by atoms with E-state index in [1.165, 1.54) is 32.2 Å². The van der Waals surface area contributed by atoms with Crippen LogP contribution in [0.2, 0.25) is 0 Å². The van der Waals surface area contributed by atoms with Gasteiger partial charge in [0.15, 0.2) is 0 Å². The summed E-state index contributed by atoms with van der Waals surface area (Å²) in [7, 11) is 0. The first kappa shape index (κ1) is 12.2. The molecule has 1 N–H and O–H groups in total. The molecular formula is C10H22ClN. The molecule has 0 fully saturated rings. The number of hydrogen-bond acceptors (Lipinski definition) is 1. The molecule has 0 saturated heterocycles. The molecule has 0 bridgehead atoms. The quantitative estimate of drug-likeness (QED) is 0.459. The topological polar surface area (TPSA) is 12.0 Å². The molecule has 0 heterocycles. The second kappa shape index (κ2) is 9.34. The Morgan fingerprint density at radius 3 is 2.42 bits per heavy atom. The van der Waals surface area contributed by atoms with Gasteiger partial charge in [0.05, 0.1) is 0 Å². The highest BCUT2D eigenvalue weighted by Gasteiger charge is 1.94.